The van der Waals surface area contributed by atoms with Crippen molar-refractivity contribution in [1.29, 1.82) is 0 Å². The minimum Gasteiger partial charge on any atom is -0.487 e. The second kappa shape index (κ2) is 6.44. The van der Waals surface area contributed by atoms with E-state index in [9.17, 15) is 14.9 Å². The number of nitro groups is 1. The Bertz CT molecular complexity index is 839. The summed E-state index contributed by atoms with van der Waals surface area (Å²) in [6.07, 6.45) is 3.59. The predicted molar refractivity (Wildman–Crippen MR) is 96.4 cm³/mol. The Hall–Kier alpha value is -2.89. The van der Waals surface area contributed by atoms with Gasteiger partial charge in [-0.1, -0.05) is 18.2 Å². The van der Waals surface area contributed by atoms with E-state index in [0.29, 0.717) is 18.7 Å². The van der Waals surface area contributed by atoms with Gasteiger partial charge in [-0.2, -0.15) is 0 Å². The number of carbonyl (C=O) groups is 1. The quantitative estimate of drug-likeness (QED) is 0.611. The molecule has 2 heterocycles. The molecule has 0 radical (unpaired) electrons. The highest BCUT2D eigenvalue weighted by molar-refractivity contribution is 5.94. The average molecular weight is 352 g/mol. The third-order valence-electron chi connectivity index (χ3n) is 5.44. The molecule has 0 bridgehead atoms. The highest BCUT2D eigenvalue weighted by Crippen LogP contribution is 2.39. The number of para-hydroxylation sites is 1. The van der Waals surface area contributed by atoms with E-state index >= 15 is 0 Å². The standard InChI is InChI=1S/C20H20N2O4/c23-19(16-5-7-17(8-6-16)22(24)25)21-13-11-20(12-14-21)10-9-15-3-1-2-4-18(15)26-20/h1-8H,9-14H2. The molecule has 1 saturated heterocycles. The molecule has 134 valence electrons. The Labute approximate surface area is 151 Å². The molecule has 0 aliphatic carbocycles. The summed E-state index contributed by atoms with van der Waals surface area (Å²) in [5.74, 6) is 0.889. The summed E-state index contributed by atoms with van der Waals surface area (Å²) in [4.78, 5) is 24.8. The molecule has 0 aromatic heterocycles. The fourth-order valence-electron chi connectivity index (χ4n) is 3.83. The number of fused-ring (bicyclic) bond motifs is 1. The number of carbonyl (C=O) groups excluding carboxylic acids is 1. The lowest BCUT2D eigenvalue weighted by molar-refractivity contribution is -0.384. The van der Waals surface area contributed by atoms with E-state index in [1.807, 2.05) is 23.1 Å². The van der Waals surface area contributed by atoms with Crippen LogP contribution in [-0.4, -0.2) is 34.4 Å². The van der Waals surface area contributed by atoms with E-state index in [0.717, 1.165) is 31.4 Å². The van der Waals surface area contributed by atoms with Gasteiger partial charge in [0.05, 0.1) is 4.92 Å². The van der Waals surface area contributed by atoms with Crippen molar-refractivity contribution in [3.63, 3.8) is 0 Å². The summed E-state index contributed by atoms with van der Waals surface area (Å²) >= 11 is 0. The number of likely N-dealkylation sites (tertiary alicyclic amines) is 1. The molecule has 0 saturated carbocycles. The number of nitrogens with zero attached hydrogens (tertiary/aromatic N) is 2. The van der Waals surface area contributed by atoms with E-state index < -0.39 is 4.92 Å². The van der Waals surface area contributed by atoms with Gasteiger partial charge >= 0.3 is 0 Å². The van der Waals surface area contributed by atoms with Gasteiger partial charge in [0.1, 0.15) is 11.4 Å². The van der Waals surface area contributed by atoms with Gasteiger partial charge in [-0.25, -0.2) is 0 Å². The van der Waals surface area contributed by atoms with Gasteiger partial charge in [0, 0.05) is 43.6 Å². The summed E-state index contributed by atoms with van der Waals surface area (Å²) in [6, 6.07) is 14.0. The van der Waals surface area contributed by atoms with Gasteiger partial charge in [0.25, 0.3) is 11.6 Å². The van der Waals surface area contributed by atoms with E-state index in [1.165, 1.54) is 29.8 Å². The highest BCUT2D eigenvalue weighted by atomic mass is 16.6. The highest BCUT2D eigenvalue weighted by Gasteiger charge is 2.40. The number of hydrogen-bond donors (Lipinski definition) is 0. The zero-order valence-electron chi connectivity index (χ0n) is 14.4. The smallest absolute Gasteiger partial charge is 0.269 e. The van der Waals surface area contributed by atoms with Crippen LogP contribution in [0.3, 0.4) is 0 Å². The largest absolute Gasteiger partial charge is 0.487 e. The molecule has 0 atom stereocenters. The monoisotopic (exact) mass is 352 g/mol. The van der Waals surface area contributed by atoms with Gasteiger partial charge in [-0.05, 0) is 36.6 Å². The average Bonchev–Trinajstić information content (AvgIpc) is 2.68. The van der Waals surface area contributed by atoms with E-state index in [-0.39, 0.29) is 17.2 Å². The van der Waals surface area contributed by atoms with E-state index in [4.69, 9.17) is 4.74 Å². The number of aryl methyl sites for hydroxylation is 1. The van der Waals surface area contributed by atoms with Crippen LogP contribution in [0.1, 0.15) is 35.2 Å². The van der Waals surface area contributed by atoms with Gasteiger partial charge in [-0.15, -0.1) is 0 Å². The number of piperidine rings is 1. The van der Waals surface area contributed by atoms with Crippen molar-refractivity contribution in [2.75, 3.05) is 13.1 Å². The molecule has 4 rings (SSSR count). The minimum atomic E-state index is -0.461. The van der Waals surface area contributed by atoms with Crippen LogP contribution in [0.2, 0.25) is 0 Å². The van der Waals surface area contributed by atoms with Crippen molar-refractivity contribution in [3.8, 4) is 5.75 Å². The van der Waals surface area contributed by atoms with Crippen LogP contribution in [0.5, 0.6) is 5.75 Å². The van der Waals surface area contributed by atoms with Crippen LogP contribution in [0, 0.1) is 10.1 Å². The van der Waals surface area contributed by atoms with Crippen molar-refractivity contribution in [2.24, 2.45) is 0 Å². The number of non-ortho nitro benzene ring substituents is 1. The fraction of sp³-hybridized carbons (Fsp3) is 0.350. The molecule has 26 heavy (non-hydrogen) atoms. The fourth-order valence-corrected chi connectivity index (χ4v) is 3.83. The first-order valence-electron chi connectivity index (χ1n) is 8.87. The van der Waals surface area contributed by atoms with Crippen LogP contribution in [0.4, 0.5) is 5.69 Å². The lowest BCUT2D eigenvalue weighted by atomic mass is 9.83. The molecule has 6 heteroatoms. The lowest BCUT2D eigenvalue weighted by Crippen LogP contribution is -2.51. The molecule has 2 aliphatic heterocycles. The molecule has 6 nitrogen and oxygen atoms in total. The summed E-state index contributed by atoms with van der Waals surface area (Å²) in [6.45, 7) is 1.27. The third-order valence-corrected chi connectivity index (χ3v) is 5.44. The zero-order chi connectivity index (χ0) is 18.1. The van der Waals surface area contributed by atoms with Crippen molar-refractivity contribution < 1.29 is 14.5 Å². The maximum atomic E-state index is 12.7. The van der Waals surface area contributed by atoms with Crippen LogP contribution in [0.15, 0.2) is 48.5 Å². The van der Waals surface area contributed by atoms with Crippen LogP contribution < -0.4 is 4.74 Å². The Morgan fingerprint density at radius 1 is 1.04 bits per heavy atom. The molecular formula is C20H20N2O4. The van der Waals surface area contributed by atoms with Crippen LogP contribution in [-0.2, 0) is 6.42 Å². The van der Waals surface area contributed by atoms with Gasteiger partial charge in [-0.3, -0.25) is 14.9 Å². The molecule has 1 fully saturated rings. The summed E-state index contributed by atoms with van der Waals surface area (Å²) in [7, 11) is 0. The first-order valence-corrected chi connectivity index (χ1v) is 8.87. The van der Waals surface area contributed by atoms with Crippen LogP contribution >= 0.6 is 0 Å². The second-order valence-electron chi connectivity index (χ2n) is 6.99. The topological polar surface area (TPSA) is 72.7 Å². The van der Waals surface area contributed by atoms with Crippen molar-refractivity contribution in [1.82, 2.24) is 4.90 Å². The molecule has 0 N–H and O–H groups in total. The maximum absolute atomic E-state index is 12.7. The first kappa shape index (κ1) is 16.6. The van der Waals surface area contributed by atoms with Gasteiger partial charge in [0.2, 0.25) is 0 Å². The molecular weight excluding hydrogens is 332 g/mol. The minimum absolute atomic E-state index is 0.00609. The van der Waals surface area contributed by atoms with Crippen LogP contribution in [0.25, 0.3) is 0 Å². The number of nitro benzene ring substituents is 1. The van der Waals surface area contributed by atoms with Crippen molar-refractivity contribution >= 4 is 11.6 Å². The number of amides is 1. The molecule has 2 aliphatic rings. The van der Waals surface area contributed by atoms with Crippen molar-refractivity contribution in [2.45, 2.75) is 31.3 Å². The molecule has 2 aromatic rings. The van der Waals surface area contributed by atoms with Gasteiger partial charge in [0.15, 0.2) is 0 Å². The third kappa shape index (κ3) is 3.03. The molecule has 1 spiro atoms. The van der Waals surface area contributed by atoms with E-state index in [2.05, 4.69) is 6.07 Å². The van der Waals surface area contributed by atoms with Gasteiger partial charge < -0.3 is 9.64 Å². The lowest BCUT2D eigenvalue weighted by Gasteiger charge is -2.44. The Morgan fingerprint density at radius 3 is 2.42 bits per heavy atom. The Balaban J connectivity index is 1.42. The molecule has 0 unspecified atom stereocenters. The first-order chi connectivity index (χ1) is 12.6. The number of rotatable bonds is 2. The van der Waals surface area contributed by atoms with Crippen molar-refractivity contribution in [3.05, 3.63) is 69.8 Å². The summed E-state index contributed by atoms with van der Waals surface area (Å²) in [5, 5.41) is 10.7. The van der Waals surface area contributed by atoms with E-state index in [1.54, 1.807) is 0 Å². The Kier molecular flexibility index (Phi) is 4.11. The SMILES string of the molecule is O=C(c1ccc([N+](=O)[O-])cc1)N1CCC2(CCc3ccccc3O2)CC1. The predicted octanol–water partition coefficient (Wildman–Crippen LogP) is 3.59. The summed E-state index contributed by atoms with van der Waals surface area (Å²) in [5.41, 5.74) is 1.55. The molecule has 1 amide bonds. The number of hydrogen-bond acceptors (Lipinski definition) is 4. The maximum Gasteiger partial charge on any atom is 0.269 e. The normalized spacial score (nSPS) is 18.1. The summed E-state index contributed by atoms with van der Waals surface area (Å²) < 4.78 is 6.32. The number of benzene rings is 2. The Morgan fingerprint density at radius 2 is 1.73 bits per heavy atom. The molecule has 2 aromatic carbocycles. The zero-order valence-corrected chi connectivity index (χ0v) is 14.4. The second-order valence-corrected chi connectivity index (χ2v) is 6.99. The number of ether oxygens (including phenoxy) is 1.